The zero-order chi connectivity index (χ0) is 13.0. The molecule has 0 spiro atoms. The second-order valence-electron chi connectivity index (χ2n) is 3.35. The van der Waals surface area contributed by atoms with Gasteiger partial charge in [-0.15, -0.1) is 11.3 Å². The molecule has 0 saturated carbocycles. The number of aromatic nitrogens is 1. The van der Waals surface area contributed by atoms with Crippen LogP contribution < -0.4 is 0 Å². The maximum absolute atomic E-state index is 12.3. The average molecular weight is 321 g/mol. The van der Waals surface area contributed by atoms with Crippen molar-refractivity contribution >= 4 is 27.3 Å². The van der Waals surface area contributed by atoms with E-state index in [9.17, 15) is 4.39 Å². The highest BCUT2D eigenvalue weighted by molar-refractivity contribution is 9.10. The van der Waals surface area contributed by atoms with Crippen LogP contribution in [0.15, 0.2) is 28.1 Å². The summed E-state index contributed by atoms with van der Waals surface area (Å²) in [6.07, 6.45) is 0. The predicted molar refractivity (Wildman–Crippen MR) is 71.8 cm³/mol. The van der Waals surface area contributed by atoms with Crippen molar-refractivity contribution < 1.29 is 4.39 Å². The van der Waals surface area contributed by atoms with E-state index in [0.717, 1.165) is 10.0 Å². The van der Waals surface area contributed by atoms with E-state index in [1.54, 1.807) is 17.5 Å². The van der Waals surface area contributed by atoms with Crippen LogP contribution in [0.2, 0.25) is 0 Å². The molecule has 0 aliphatic rings. The topological polar surface area (TPSA) is 36.7 Å². The van der Waals surface area contributed by atoms with Gasteiger partial charge in [0.05, 0.1) is 11.6 Å². The molecule has 0 atom stereocenters. The number of nitrogens with zero attached hydrogens (tertiary/aromatic N) is 2. The maximum atomic E-state index is 12.3. The van der Waals surface area contributed by atoms with E-state index < -0.39 is 6.67 Å². The molecule has 0 amide bonds. The Balaban J connectivity index is 2.29. The summed E-state index contributed by atoms with van der Waals surface area (Å²) in [5.41, 5.74) is 1.80. The van der Waals surface area contributed by atoms with Crippen LogP contribution in [0.4, 0.5) is 4.39 Å². The number of halogens is 2. The summed E-state index contributed by atoms with van der Waals surface area (Å²) in [4.78, 5) is 4.00. The lowest BCUT2D eigenvalue weighted by molar-refractivity contribution is 0.483. The first kappa shape index (κ1) is 12.8. The lowest BCUT2D eigenvalue weighted by Gasteiger charge is -1.94. The van der Waals surface area contributed by atoms with Gasteiger partial charge >= 0.3 is 0 Å². The van der Waals surface area contributed by atoms with E-state index in [1.807, 2.05) is 6.07 Å². The van der Waals surface area contributed by atoms with Crippen molar-refractivity contribution in [3.63, 3.8) is 0 Å². The third kappa shape index (κ3) is 3.16. The fourth-order valence-corrected chi connectivity index (χ4v) is 2.36. The van der Waals surface area contributed by atoms with Crippen LogP contribution in [-0.2, 0) is 6.67 Å². The maximum Gasteiger partial charge on any atom is 0.141 e. The number of hydrogen-bond acceptors (Lipinski definition) is 3. The molecule has 0 saturated heterocycles. The summed E-state index contributed by atoms with van der Waals surface area (Å²) >= 11 is 4.56. The first-order valence-electron chi connectivity index (χ1n) is 4.94. The molecule has 88 valence electrons. The van der Waals surface area contributed by atoms with Crippen molar-refractivity contribution in [2.75, 3.05) is 0 Å². The largest absolute Gasteiger partial charge is 0.243 e. The van der Waals surface area contributed by atoms with Crippen molar-refractivity contribution in [2.45, 2.75) is 6.67 Å². The molecule has 2 aromatic rings. The molecular weight excluding hydrogens is 315 g/mol. The first-order valence-corrected chi connectivity index (χ1v) is 6.61. The van der Waals surface area contributed by atoms with Crippen LogP contribution in [0, 0.1) is 23.2 Å². The van der Waals surface area contributed by atoms with E-state index in [4.69, 9.17) is 5.26 Å². The summed E-state index contributed by atoms with van der Waals surface area (Å²) < 4.78 is 13.1. The second-order valence-corrected chi connectivity index (χ2v) is 5.21. The van der Waals surface area contributed by atoms with Gasteiger partial charge in [-0.3, -0.25) is 0 Å². The first-order chi connectivity index (χ1) is 8.71. The number of alkyl halides is 1. The summed E-state index contributed by atoms with van der Waals surface area (Å²) in [5.74, 6) is 5.75. The summed E-state index contributed by atoms with van der Waals surface area (Å²) in [6, 6.07) is 7.29. The van der Waals surface area contributed by atoms with Gasteiger partial charge in [-0.25, -0.2) is 9.37 Å². The standard InChI is InChI=1S/C13H6BrFN2S/c14-11-4-9(3-10(5-11)7-16)1-2-12-8-18-13(6-15)17-12/h3-5,8H,6H2. The van der Waals surface area contributed by atoms with E-state index >= 15 is 0 Å². The predicted octanol–water partition coefficient (Wildman–Crippen LogP) is 3.65. The molecule has 1 aromatic heterocycles. The van der Waals surface area contributed by atoms with Gasteiger partial charge in [0.15, 0.2) is 0 Å². The van der Waals surface area contributed by atoms with Gasteiger partial charge in [0.25, 0.3) is 0 Å². The molecule has 2 nitrogen and oxygen atoms in total. The van der Waals surface area contributed by atoms with Gasteiger partial charge in [0.1, 0.15) is 17.4 Å². The van der Waals surface area contributed by atoms with E-state index in [1.165, 1.54) is 11.3 Å². The molecule has 2 rings (SSSR count). The Kier molecular flexibility index (Phi) is 4.09. The molecular formula is C13H6BrFN2S. The molecule has 0 aliphatic heterocycles. The van der Waals surface area contributed by atoms with E-state index in [-0.39, 0.29) is 0 Å². The smallest absolute Gasteiger partial charge is 0.141 e. The van der Waals surface area contributed by atoms with Crippen molar-refractivity contribution in [3.05, 3.63) is 49.9 Å². The molecule has 1 aromatic carbocycles. The summed E-state index contributed by atoms with van der Waals surface area (Å²) in [7, 11) is 0. The van der Waals surface area contributed by atoms with Crippen LogP contribution in [0.25, 0.3) is 0 Å². The van der Waals surface area contributed by atoms with Crippen LogP contribution in [0.5, 0.6) is 0 Å². The average Bonchev–Trinajstić information content (AvgIpc) is 2.83. The molecule has 0 radical (unpaired) electrons. The summed E-state index contributed by atoms with van der Waals surface area (Å²) in [5, 5.41) is 11.0. The Hall–Kier alpha value is -1.69. The second kappa shape index (κ2) is 5.77. The molecule has 5 heteroatoms. The minimum absolute atomic E-state index is 0.422. The molecule has 0 fully saturated rings. The SMILES string of the molecule is N#Cc1cc(Br)cc(C#Cc2csc(CF)n2)c1. The van der Waals surface area contributed by atoms with Crippen LogP contribution in [-0.4, -0.2) is 4.98 Å². The minimum atomic E-state index is -0.568. The number of rotatable bonds is 1. The van der Waals surface area contributed by atoms with E-state index in [2.05, 4.69) is 38.8 Å². The zero-order valence-corrected chi connectivity index (χ0v) is 11.5. The monoisotopic (exact) mass is 320 g/mol. The van der Waals surface area contributed by atoms with Gasteiger partial charge in [-0.2, -0.15) is 5.26 Å². The molecule has 0 aliphatic carbocycles. The lowest BCUT2D eigenvalue weighted by atomic mass is 10.1. The van der Waals surface area contributed by atoms with Crippen molar-refractivity contribution in [3.8, 4) is 17.9 Å². The lowest BCUT2D eigenvalue weighted by Crippen LogP contribution is -1.81. The Morgan fingerprint density at radius 2 is 2.06 bits per heavy atom. The number of hydrogen-bond donors (Lipinski definition) is 0. The highest BCUT2D eigenvalue weighted by Crippen LogP contribution is 2.15. The highest BCUT2D eigenvalue weighted by atomic mass is 79.9. The Labute approximate surface area is 116 Å². The fourth-order valence-electron chi connectivity index (χ4n) is 1.29. The van der Waals surface area contributed by atoms with Crippen molar-refractivity contribution in [1.29, 1.82) is 5.26 Å². The zero-order valence-electron chi connectivity index (χ0n) is 9.08. The molecule has 1 heterocycles. The van der Waals surface area contributed by atoms with Crippen molar-refractivity contribution in [1.82, 2.24) is 4.98 Å². The molecule has 0 bridgehead atoms. The Morgan fingerprint density at radius 3 is 2.72 bits per heavy atom. The van der Waals surface area contributed by atoms with Gasteiger partial charge in [-0.1, -0.05) is 21.9 Å². The van der Waals surface area contributed by atoms with E-state index in [0.29, 0.717) is 16.3 Å². The van der Waals surface area contributed by atoms with Crippen LogP contribution >= 0.6 is 27.3 Å². The molecule has 0 N–H and O–H groups in total. The third-order valence-electron chi connectivity index (χ3n) is 2.03. The number of thiazole rings is 1. The van der Waals surface area contributed by atoms with Crippen molar-refractivity contribution in [2.24, 2.45) is 0 Å². The van der Waals surface area contributed by atoms with Gasteiger partial charge in [0, 0.05) is 15.4 Å². The minimum Gasteiger partial charge on any atom is -0.243 e. The highest BCUT2D eigenvalue weighted by Gasteiger charge is 1.99. The summed E-state index contributed by atoms with van der Waals surface area (Å²) in [6.45, 7) is -0.568. The molecule has 18 heavy (non-hydrogen) atoms. The fraction of sp³-hybridized carbons (Fsp3) is 0.0769. The van der Waals surface area contributed by atoms with Crippen LogP contribution in [0.3, 0.4) is 0 Å². The quantitative estimate of drug-likeness (QED) is 0.752. The number of benzene rings is 1. The molecule has 0 unspecified atom stereocenters. The van der Waals surface area contributed by atoms with Crippen LogP contribution in [0.1, 0.15) is 21.8 Å². The number of nitriles is 1. The van der Waals surface area contributed by atoms with Gasteiger partial charge in [0.2, 0.25) is 0 Å². The normalized spacial score (nSPS) is 9.39. The van der Waals surface area contributed by atoms with Gasteiger partial charge < -0.3 is 0 Å². The third-order valence-corrected chi connectivity index (χ3v) is 3.30. The Bertz CT molecular complexity index is 676. The Morgan fingerprint density at radius 1 is 1.28 bits per heavy atom. The van der Waals surface area contributed by atoms with Gasteiger partial charge in [-0.05, 0) is 24.1 Å².